The molecule has 1 aromatic carbocycles. The second kappa shape index (κ2) is 7.72. The normalized spacial score (nSPS) is 19.9. The predicted octanol–water partition coefficient (Wildman–Crippen LogP) is 2.52. The number of anilines is 1. The minimum Gasteiger partial charge on any atom is -0.475 e. The lowest BCUT2D eigenvalue weighted by Gasteiger charge is -2.21. The molecule has 1 saturated heterocycles. The van der Waals surface area contributed by atoms with Gasteiger partial charge in [-0.25, -0.2) is 14.8 Å². The maximum atomic E-state index is 12.4. The van der Waals surface area contributed by atoms with Crippen LogP contribution in [0.15, 0.2) is 46.2 Å². The number of benzene rings is 1. The molecule has 0 aliphatic carbocycles. The van der Waals surface area contributed by atoms with Crippen LogP contribution < -0.4 is 15.3 Å². The molecule has 34 heavy (non-hydrogen) atoms. The summed E-state index contributed by atoms with van der Waals surface area (Å²) in [6.07, 6.45) is -4.15. The average Bonchev–Trinajstić information content (AvgIpc) is 3.42. The summed E-state index contributed by atoms with van der Waals surface area (Å²) < 4.78 is 48.2. The second-order valence-electron chi connectivity index (χ2n) is 8.13. The fourth-order valence-electron chi connectivity index (χ4n) is 4.17. The molecule has 0 N–H and O–H groups in total. The van der Waals surface area contributed by atoms with Gasteiger partial charge in [0.2, 0.25) is 5.90 Å². The Labute approximate surface area is 190 Å². The number of fused-ring (bicyclic) bond motifs is 1. The summed E-state index contributed by atoms with van der Waals surface area (Å²) in [4.78, 5) is 27.6. The van der Waals surface area contributed by atoms with Crippen molar-refractivity contribution in [3.8, 4) is 11.8 Å². The molecule has 1 spiro atoms. The topological polar surface area (TPSA) is 106 Å². The maximum Gasteiger partial charge on any atom is 0.573 e. The molecule has 1 atom stereocenters. The van der Waals surface area contributed by atoms with Gasteiger partial charge >= 0.3 is 12.1 Å². The van der Waals surface area contributed by atoms with Crippen molar-refractivity contribution in [2.24, 2.45) is 12.0 Å². The van der Waals surface area contributed by atoms with Crippen molar-refractivity contribution in [1.82, 2.24) is 14.5 Å². The van der Waals surface area contributed by atoms with Gasteiger partial charge in [0.05, 0.1) is 5.52 Å². The maximum absolute atomic E-state index is 12.4. The van der Waals surface area contributed by atoms with Crippen molar-refractivity contribution in [1.29, 1.82) is 5.26 Å². The van der Waals surface area contributed by atoms with E-state index in [9.17, 15) is 23.2 Å². The zero-order chi connectivity index (χ0) is 24.1. The number of aromatic nitrogens is 3. The molecule has 1 fully saturated rings. The van der Waals surface area contributed by atoms with Crippen LogP contribution in [-0.2, 0) is 11.8 Å². The largest absolute Gasteiger partial charge is 0.573 e. The Balaban J connectivity index is 1.42. The summed E-state index contributed by atoms with van der Waals surface area (Å²) in [6.45, 7) is 1.21. The van der Waals surface area contributed by atoms with E-state index in [2.05, 4.69) is 14.7 Å². The van der Waals surface area contributed by atoms with Crippen molar-refractivity contribution in [2.75, 3.05) is 24.6 Å². The molecule has 5 rings (SSSR count). The number of aryl methyl sites for hydroxylation is 1. The SMILES string of the molecule is Cn1c(=O)nc(N2CCC3(COC(c4ccc(OC(F)(F)F)cc4)=N3)C2)c2nc(C#N)ccc21. The molecule has 4 heterocycles. The highest BCUT2D eigenvalue weighted by Gasteiger charge is 2.44. The highest BCUT2D eigenvalue weighted by atomic mass is 19.4. The van der Waals surface area contributed by atoms with Crippen LogP contribution in [0, 0.1) is 11.3 Å². The highest BCUT2D eigenvalue weighted by Crippen LogP contribution is 2.35. The number of aliphatic imine (C=N–C) groups is 1. The summed E-state index contributed by atoms with van der Waals surface area (Å²) in [5.41, 5.74) is 0.707. The van der Waals surface area contributed by atoms with Gasteiger partial charge in [0.15, 0.2) is 5.82 Å². The van der Waals surface area contributed by atoms with Crippen molar-refractivity contribution >= 4 is 22.7 Å². The summed E-state index contributed by atoms with van der Waals surface area (Å²) in [7, 11) is 1.59. The van der Waals surface area contributed by atoms with Crippen LogP contribution in [-0.4, -0.2) is 52.0 Å². The Kier molecular flexibility index (Phi) is 4.93. The van der Waals surface area contributed by atoms with Gasteiger partial charge in [-0.15, -0.1) is 13.2 Å². The van der Waals surface area contributed by atoms with Crippen LogP contribution in [0.4, 0.5) is 19.0 Å². The first-order chi connectivity index (χ1) is 16.2. The van der Waals surface area contributed by atoms with Gasteiger partial charge in [0.25, 0.3) is 0 Å². The summed E-state index contributed by atoms with van der Waals surface area (Å²) in [5, 5.41) is 9.24. The molecule has 0 saturated carbocycles. The first kappa shape index (κ1) is 21.7. The molecule has 0 amide bonds. The first-order valence-corrected chi connectivity index (χ1v) is 10.3. The summed E-state index contributed by atoms with van der Waals surface area (Å²) in [6, 6.07) is 10.5. The van der Waals surface area contributed by atoms with Crippen LogP contribution in [0.25, 0.3) is 11.0 Å². The van der Waals surface area contributed by atoms with Crippen molar-refractivity contribution in [3.63, 3.8) is 0 Å². The van der Waals surface area contributed by atoms with E-state index in [0.717, 1.165) is 0 Å². The number of pyridine rings is 1. The Morgan fingerprint density at radius 1 is 1.18 bits per heavy atom. The third-order valence-corrected chi connectivity index (χ3v) is 5.83. The number of nitriles is 1. The lowest BCUT2D eigenvalue weighted by atomic mass is 10.0. The zero-order valence-corrected chi connectivity index (χ0v) is 17.8. The third kappa shape index (κ3) is 3.89. The van der Waals surface area contributed by atoms with Gasteiger partial charge in [-0.2, -0.15) is 10.2 Å². The molecule has 12 heteroatoms. The molecule has 2 aliphatic rings. The summed E-state index contributed by atoms with van der Waals surface area (Å²) in [5.74, 6) is 0.376. The molecule has 174 valence electrons. The lowest BCUT2D eigenvalue weighted by Crippen LogP contribution is -2.34. The molecular formula is C22H17F3N6O3. The zero-order valence-electron chi connectivity index (χ0n) is 17.8. The van der Waals surface area contributed by atoms with E-state index in [1.165, 1.54) is 28.8 Å². The Bertz CT molecular complexity index is 1410. The van der Waals surface area contributed by atoms with Crippen LogP contribution in [0.5, 0.6) is 5.75 Å². The number of rotatable bonds is 3. The van der Waals surface area contributed by atoms with E-state index in [0.29, 0.717) is 47.8 Å². The quantitative estimate of drug-likeness (QED) is 0.579. The molecule has 3 aromatic rings. The minimum absolute atomic E-state index is 0.213. The van der Waals surface area contributed by atoms with Gasteiger partial charge in [-0.05, 0) is 42.8 Å². The Morgan fingerprint density at radius 3 is 2.65 bits per heavy atom. The number of halogens is 3. The number of ether oxygens (including phenoxy) is 2. The first-order valence-electron chi connectivity index (χ1n) is 10.3. The fourth-order valence-corrected chi connectivity index (χ4v) is 4.17. The highest BCUT2D eigenvalue weighted by molar-refractivity contribution is 5.96. The van der Waals surface area contributed by atoms with Crippen LogP contribution in [0.1, 0.15) is 17.7 Å². The molecule has 2 aliphatic heterocycles. The number of hydrogen-bond donors (Lipinski definition) is 0. The van der Waals surface area contributed by atoms with Gasteiger partial charge in [-0.1, -0.05) is 0 Å². The van der Waals surface area contributed by atoms with E-state index in [1.54, 1.807) is 19.2 Å². The van der Waals surface area contributed by atoms with Gasteiger partial charge < -0.3 is 14.4 Å². The second-order valence-corrected chi connectivity index (χ2v) is 8.13. The fraction of sp³-hybridized carbons (Fsp3) is 0.318. The van der Waals surface area contributed by atoms with Gasteiger partial charge in [0, 0.05) is 25.7 Å². The Hall–Kier alpha value is -4.14. The third-order valence-electron chi connectivity index (χ3n) is 5.83. The molecule has 0 bridgehead atoms. The Morgan fingerprint density at radius 2 is 1.94 bits per heavy atom. The summed E-state index contributed by atoms with van der Waals surface area (Å²) >= 11 is 0. The van der Waals surface area contributed by atoms with Crippen LogP contribution >= 0.6 is 0 Å². The number of nitrogens with zero attached hydrogens (tertiary/aromatic N) is 6. The minimum atomic E-state index is -4.76. The van der Waals surface area contributed by atoms with Crippen LogP contribution in [0.2, 0.25) is 0 Å². The van der Waals surface area contributed by atoms with Crippen LogP contribution in [0.3, 0.4) is 0 Å². The number of alkyl halides is 3. The molecule has 9 nitrogen and oxygen atoms in total. The molecule has 2 aromatic heterocycles. The molecular weight excluding hydrogens is 453 g/mol. The predicted molar refractivity (Wildman–Crippen MR) is 115 cm³/mol. The van der Waals surface area contributed by atoms with Crippen molar-refractivity contribution in [2.45, 2.75) is 18.3 Å². The lowest BCUT2D eigenvalue weighted by molar-refractivity contribution is -0.274. The average molecular weight is 470 g/mol. The van der Waals surface area contributed by atoms with E-state index >= 15 is 0 Å². The van der Waals surface area contributed by atoms with Crippen molar-refractivity contribution < 1.29 is 22.6 Å². The number of hydrogen-bond acceptors (Lipinski definition) is 8. The van der Waals surface area contributed by atoms with Gasteiger partial charge in [0.1, 0.15) is 35.2 Å². The molecule has 0 radical (unpaired) electrons. The van der Waals surface area contributed by atoms with E-state index < -0.39 is 17.6 Å². The van der Waals surface area contributed by atoms with Crippen molar-refractivity contribution in [3.05, 3.63) is 58.1 Å². The van der Waals surface area contributed by atoms with E-state index in [-0.39, 0.29) is 18.1 Å². The van der Waals surface area contributed by atoms with E-state index in [1.807, 2.05) is 11.0 Å². The smallest absolute Gasteiger partial charge is 0.475 e. The molecule has 1 unspecified atom stereocenters. The van der Waals surface area contributed by atoms with E-state index in [4.69, 9.17) is 9.73 Å². The van der Waals surface area contributed by atoms with Gasteiger partial charge in [-0.3, -0.25) is 4.57 Å². The monoisotopic (exact) mass is 470 g/mol. The standard InChI is InChI=1S/C22H17F3N6O3/c1-30-16-7-4-14(10-26)27-17(16)18(28-20(30)32)31-9-8-21(11-31)12-33-19(29-21)13-2-5-15(6-3-13)34-22(23,24)25/h2-7H,8-9,11-12H2,1H3.